The highest BCUT2D eigenvalue weighted by molar-refractivity contribution is 5.94. The highest BCUT2D eigenvalue weighted by atomic mass is 16.3. The number of H-pyrrole nitrogens is 1. The summed E-state index contributed by atoms with van der Waals surface area (Å²) in [6, 6.07) is 5.49. The summed E-state index contributed by atoms with van der Waals surface area (Å²) in [4.78, 5) is 19.5. The molecule has 0 aromatic carbocycles. The van der Waals surface area contributed by atoms with Gasteiger partial charge >= 0.3 is 0 Å². The molecule has 0 unspecified atom stereocenters. The third-order valence-electron chi connectivity index (χ3n) is 5.22. The van der Waals surface area contributed by atoms with E-state index < -0.39 is 12.2 Å². The molecule has 2 aromatic rings. The average Bonchev–Trinajstić information content (AvgIpc) is 3.21. The Morgan fingerprint density at radius 1 is 1.27 bits per heavy atom. The molecule has 0 radical (unpaired) electrons. The van der Waals surface area contributed by atoms with Crippen LogP contribution in [0.1, 0.15) is 23.3 Å². The number of hydrogen-bond acceptors (Lipinski definition) is 4. The molecule has 2 fully saturated rings. The van der Waals surface area contributed by atoms with Crippen molar-refractivity contribution in [1.82, 2.24) is 15.3 Å². The van der Waals surface area contributed by atoms with Gasteiger partial charge < -0.3 is 20.5 Å². The summed E-state index contributed by atoms with van der Waals surface area (Å²) in [5, 5.41) is 23.6. The lowest BCUT2D eigenvalue weighted by Gasteiger charge is -2.29. The summed E-state index contributed by atoms with van der Waals surface area (Å²) < 4.78 is 0. The number of fused-ring (bicyclic) bond motifs is 3. The van der Waals surface area contributed by atoms with Crippen LogP contribution in [-0.2, 0) is 0 Å². The van der Waals surface area contributed by atoms with Gasteiger partial charge in [0.05, 0.1) is 12.2 Å². The predicted molar refractivity (Wildman–Crippen MR) is 80.1 cm³/mol. The third kappa shape index (κ3) is 2.10. The molecule has 0 spiro atoms. The van der Waals surface area contributed by atoms with Crippen molar-refractivity contribution in [2.75, 3.05) is 6.54 Å². The van der Waals surface area contributed by atoms with E-state index in [1.54, 1.807) is 12.3 Å². The van der Waals surface area contributed by atoms with Crippen LogP contribution in [-0.4, -0.2) is 44.8 Å². The second kappa shape index (κ2) is 5.07. The van der Waals surface area contributed by atoms with E-state index in [0.29, 0.717) is 17.9 Å². The molecule has 2 aliphatic carbocycles. The first-order valence-electron chi connectivity index (χ1n) is 7.72. The summed E-state index contributed by atoms with van der Waals surface area (Å²) in [5.41, 5.74) is 1.09. The largest absolute Gasteiger partial charge is 0.390 e. The molecule has 116 valence electrons. The number of nitrogens with zero attached hydrogens (tertiary/aromatic N) is 1. The van der Waals surface area contributed by atoms with Crippen LogP contribution in [0.15, 0.2) is 24.4 Å². The van der Waals surface area contributed by atoms with Gasteiger partial charge in [-0.2, -0.15) is 0 Å². The minimum Gasteiger partial charge on any atom is -0.390 e. The number of aromatic amines is 1. The van der Waals surface area contributed by atoms with E-state index in [9.17, 15) is 15.0 Å². The zero-order valence-electron chi connectivity index (χ0n) is 12.1. The Morgan fingerprint density at radius 3 is 2.91 bits per heavy atom. The Labute approximate surface area is 127 Å². The fraction of sp³-hybridized carbons (Fsp3) is 0.500. The molecule has 2 saturated carbocycles. The second-order valence-electron chi connectivity index (χ2n) is 6.46. The average molecular weight is 301 g/mol. The first-order chi connectivity index (χ1) is 10.6. The van der Waals surface area contributed by atoms with Gasteiger partial charge in [-0.05, 0) is 48.8 Å². The van der Waals surface area contributed by atoms with E-state index in [2.05, 4.69) is 15.3 Å². The van der Waals surface area contributed by atoms with Crippen molar-refractivity contribution in [3.63, 3.8) is 0 Å². The molecule has 0 aliphatic heterocycles. The van der Waals surface area contributed by atoms with Crippen molar-refractivity contribution in [3.8, 4) is 0 Å². The number of aromatic nitrogens is 2. The fourth-order valence-electron chi connectivity index (χ4n) is 4.04. The number of carbonyl (C=O) groups excluding carboxylic acids is 1. The molecule has 2 bridgehead atoms. The van der Waals surface area contributed by atoms with Crippen molar-refractivity contribution in [2.24, 2.45) is 17.8 Å². The van der Waals surface area contributed by atoms with Gasteiger partial charge in [-0.3, -0.25) is 4.79 Å². The summed E-state index contributed by atoms with van der Waals surface area (Å²) in [5.74, 6) is 0.310. The van der Waals surface area contributed by atoms with Crippen molar-refractivity contribution in [1.29, 1.82) is 0 Å². The third-order valence-corrected chi connectivity index (χ3v) is 5.22. The maximum atomic E-state index is 12.2. The fourth-order valence-corrected chi connectivity index (χ4v) is 4.04. The SMILES string of the molecule is O=C(NC[C@H]1C[C@@H]2C[C@H]1[C@@H](O)[C@H]2O)c1ccc2cc[nH]c2n1. The molecule has 2 aromatic heterocycles. The quantitative estimate of drug-likeness (QED) is 0.670. The lowest BCUT2D eigenvalue weighted by molar-refractivity contribution is -0.0332. The van der Waals surface area contributed by atoms with Crippen molar-refractivity contribution in [2.45, 2.75) is 25.0 Å². The lowest BCUT2D eigenvalue weighted by atomic mass is 9.85. The maximum absolute atomic E-state index is 12.2. The molecule has 2 heterocycles. The van der Waals surface area contributed by atoms with Gasteiger partial charge in [0, 0.05) is 18.1 Å². The van der Waals surface area contributed by atoms with Gasteiger partial charge in [0.1, 0.15) is 11.3 Å². The van der Waals surface area contributed by atoms with Crippen LogP contribution in [0.2, 0.25) is 0 Å². The number of carbonyl (C=O) groups is 1. The van der Waals surface area contributed by atoms with E-state index >= 15 is 0 Å². The minimum atomic E-state index is -0.644. The normalized spacial score (nSPS) is 33.5. The molecule has 6 heteroatoms. The molecule has 0 saturated heterocycles. The monoisotopic (exact) mass is 301 g/mol. The first kappa shape index (κ1) is 13.7. The number of pyridine rings is 1. The Balaban J connectivity index is 1.40. The van der Waals surface area contributed by atoms with Gasteiger partial charge in [-0.25, -0.2) is 4.98 Å². The first-order valence-corrected chi connectivity index (χ1v) is 7.72. The molecule has 4 rings (SSSR count). The molecular formula is C16H19N3O3. The second-order valence-corrected chi connectivity index (χ2v) is 6.46. The number of nitrogens with one attached hydrogen (secondary N) is 2. The van der Waals surface area contributed by atoms with E-state index in [1.165, 1.54) is 0 Å². The number of aliphatic hydroxyl groups excluding tert-OH is 2. The lowest BCUT2D eigenvalue weighted by Crippen LogP contribution is -2.41. The Morgan fingerprint density at radius 2 is 2.14 bits per heavy atom. The molecule has 2 aliphatic rings. The zero-order chi connectivity index (χ0) is 15.3. The molecule has 4 N–H and O–H groups in total. The van der Waals surface area contributed by atoms with Gasteiger partial charge in [-0.1, -0.05) is 0 Å². The summed E-state index contributed by atoms with van der Waals surface area (Å²) in [7, 11) is 0. The van der Waals surface area contributed by atoms with Crippen LogP contribution in [0.3, 0.4) is 0 Å². The molecule has 6 nitrogen and oxygen atoms in total. The van der Waals surface area contributed by atoms with Crippen LogP contribution < -0.4 is 5.32 Å². The van der Waals surface area contributed by atoms with E-state index in [-0.39, 0.29) is 23.7 Å². The number of aliphatic hydroxyl groups is 2. The standard InChI is InChI=1S/C16H19N3O3/c20-13-9-5-10(11(6-9)14(13)21)7-18-16(22)12-2-1-8-3-4-17-15(8)19-12/h1-4,9-11,13-14,20-21H,5-7H2,(H,17,19)(H,18,22)/t9-,10-,11-,13+,14-/m1/s1. The molecule has 22 heavy (non-hydrogen) atoms. The van der Waals surface area contributed by atoms with E-state index in [1.807, 2.05) is 12.1 Å². The minimum absolute atomic E-state index is 0.0964. The van der Waals surface area contributed by atoms with Crippen LogP contribution in [0.25, 0.3) is 11.0 Å². The van der Waals surface area contributed by atoms with Crippen molar-refractivity contribution >= 4 is 16.9 Å². The van der Waals surface area contributed by atoms with Crippen LogP contribution in [0.5, 0.6) is 0 Å². The van der Waals surface area contributed by atoms with Crippen LogP contribution >= 0.6 is 0 Å². The summed E-state index contributed by atoms with van der Waals surface area (Å²) >= 11 is 0. The number of hydrogen-bond donors (Lipinski definition) is 4. The van der Waals surface area contributed by atoms with E-state index in [4.69, 9.17) is 0 Å². The summed E-state index contributed by atoms with van der Waals surface area (Å²) in [6.45, 7) is 0.522. The highest BCUT2D eigenvalue weighted by Gasteiger charge is 2.51. The predicted octanol–water partition coefficient (Wildman–Crippen LogP) is 0.670. The highest BCUT2D eigenvalue weighted by Crippen LogP contribution is 2.48. The van der Waals surface area contributed by atoms with Crippen molar-refractivity contribution in [3.05, 3.63) is 30.1 Å². The van der Waals surface area contributed by atoms with E-state index in [0.717, 1.165) is 18.2 Å². The Hall–Kier alpha value is -1.92. The van der Waals surface area contributed by atoms with Crippen LogP contribution in [0, 0.1) is 17.8 Å². The molecular weight excluding hydrogens is 282 g/mol. The van der Waals surface area contributed by atoms with Gasteiger partial charge in [-0.15, -0.1) is 0 Å². The summed E-state index contributed by atoms with van der Waals surface area (Å²) in [6.07, 6.45) is 2.28. The van der Waals surface area contributed by atoms with Gasteiger partial charge in [0.25, 0.3) is 5.91 Å². The Bertz CT molecular complexity index is 711. The number of rotatable bonds is 3. The Kier molecular flexibility index (Phi) is 3.16. The van der Waals surface area contributed by atoms with Gasteiger partial charge in [0.2, 0.25) is 0 Å². The van der Waals surface area contributed by atoms with Crippen molar-refractivity contribution < 1.29 is 15.0 Å². The maximum Gasteiger partial charge on any atom is 0.269 e. The number of amides is 1. The molecule has 5 atom stereocenters. The van der Waals surface area contributed by atoms with Crippen LogP contribution in [0.4, 0.5) is 0 Å². The topological polar surface area (TPSA) is 98.2 Å². The van der Waals surface area contributed by atoms with Gasteiger partial charge in [0.15, 0.2) is 0 Å². The smallest absolute Gasteiger partial charge is 0.269 e. The zero-order valence-corrected chi connectivity index (χ0v) is 12.1. The molecule has 1 amide bonds.